The van der Waals surface area contributed by atoms with Crippen molar-refractivity contribution in [2.24, 2.45) is 0 Å². The third-order valence-corrected chi connectivity index (χ3v) is 3.37. The molecule has 0 saturated heterocycles. The molecule has 2 nitrogen and oxygen atoms in total. The van der Waals surface area contributed by atoms with Crippen molar-refractivity contribution >= 4 is 0 Å². The van der Waals surface area contributed by atoms with Crippen LogP contribution in [-0.2, 0) is 17.1 Å². The van der Waals surface area contributed by atoms with Gasteiger partial charge in [-0.2, -0.15) is 0 Å². The van der Waals surface area contributed by atoms with E-state index < -0.39 is 0 Å². The molecule has 1 aromatic heterocycles. The molecule has 1 N–H and O–H groups in total. The summed E-state index contributed by atoms with van der Waals surface area (Å²) in [6.07, 6.45) is 21.6. The van der Waals surface area contributed by atoms with Gasteiger partial charge in [0.05, 0.1) is 12.5 Å². The van der Waals surface area contributed by atoms with E-state index in [4.69, 9.17) is 4.42 Å². The Hall–Kier alpha value is -1.18. The maximum atomic E-state index is 9.28. The van der Waals surface area contributed by atoms with E-state index in [1.165, 1.54) is 0 Å². The molecule has 2 aromatic rings. The summed E-state index contributed by atoms with van der Waals surface area (Å²) in [5.74, 6) is 1.41. The van der Waals surface area contributed by atoms with Crippen molar-refractivity contribution in [2.75, 3.05) is 0 Å². The molecule has 0 amide bonds. The van der Waals surface area contributed by atoms with Crippen LogP contribution >= 0.6 is 0 Å². The van der Waals surface area contributed by atoms with Gasteiger partial charge in [-0.3, -0.25) is 0 Å². The standard InChI is InChI=1S/C15H11O2.C5H5.Fe/c16-13-7-5-12(6-8-13)15-10-17-9-14(15)11-3-1-2-4-11;1-2-4-5-3-1;/h1-10,16H;1-5H;/q;;+2. The first-order chi connectivity index (χ1) is 10.8. The smallest absolute Gasteiger partial charge is 0.508 e. The molecule has 114 valence electrons. The van der Waals surface area contributed by atoms with Gasteiger partial charge >= 0.3 is 17.1 Å². The van der Waals surface area contributed by atoms with Crippen molar-refractivity contribution in [1.29, 1.82) is 0 Å². The molecule has 4 rings (SSSR count). The molecular formula is C20H16FeO2+2. The van der Waals surface area contributed by atoms with Crippen LogP contribution in [0.1, 0.15) is 5.56 Å². The number of rotatable bonds is 2. The van der Waals surface area contributed by atoms with Crippen LogP contribution in [0.2, 0.25) is 0 Å². The maximum absolute atomic E-state index is 9.28. The Kier molecular flexibility index (Phi) is 7.26. The number of phenols is 1. The average molecular weight is 344 g/mol. The second-order valence-electron chi connectivity index (χ2n) is 4.88. The Morgan fingerprint density at radius 3 is 1.74 bits per heavy atom. The summed E-state index contributed by atoms with van der Waals surface area (Å²) in [6, 6.07) is 7.12. The summed E-state index contributed by atoms with van der Waals surface area (Å²) in [5, 5.41) is 9.28. The van der Waals surface area contributed by atoms with Crippen molar-refractivity contribution in [1.82, 2.24) is 0 Å². The molecule has 2 aliphatic rings. The van der Waals surface area contributed by atoms with Gasteiger partial charge in [0.25, 0.3) is 0 Å². The van der Waals surface area contributed by atoms with Crippen molar-refractivity contribution in [2.45, 2.75) is 0 Å². The van der Waals surface area contributed by atoms with Crippen LogP contribution in [0.4, 0.5) is 0 Å². The van der Waals surface area contributed by atoms with Crippen LogP contribution in [0.15, 0.2) is 41.2 Å². The van der Waals surface area contributed by atoms with Gasteiger partial charge < -0.3 is 9.52 Å². The molecular weight excluding hydrogens is 328 g/mol. The Bertz CT molecular complexity index is 556. The predicted molar refractivity (Wildman–Crippen MR) is 86.9 cm³/mol. The molecule has 0 spiro atoms. The summed E-state index contributed by atoms with van der Waals surface area (Å²) in [6.45, 7) is 0. The molecule has 2 aliphatic carbocycles. The van der Waals surface area contributed by atoms with Gasteiger partial charge in [-0.15, -0.1) is 0 Å². The summed E-state index contributed by atoms with van der Waals surface area (Å²) < 4.78 is 5.29. The van der Waals surface area contributed by atoms with E-state index in [1.54, 1.807) is 24.7 Å². The monoisotopic (exact) mass is 344 g/mol. The number of benzene rings is 1. The molecule has 1 heterocycles. The van der Waals surface area contributed by atoms with Gasteiger partial charge in [-0.05, 0) is 75.5 Å². The third kappa shape index (κ3) is 4.89. The molecule has 0 atom stereocenters. The van der Waals surface area contributed by atoms with Crippen LogP contribution in [0.25, 0.3) is 11.1 Å². The predicted octanol–water partition coefficient (Wildman–Crippen LogP) is 4.42. The van der Waals surface area contributed by atoms with Crippen LogP contribution in [0.5, 0.6) is 5.75 Å². The summed E-state index contributed by atoms with van der Waals surface area (Å²) in [7, 11) is 0. The molecule has 2 saturated carbocycles. The number of hydrogen-bond donors (Lipinski definition) is 1. The number of furan rings is 1. The maximum Gasteiger partial charge on any atom is 2.00 e. The Morgan fingerprint density at radius 2 is 1.17 bits per heavy atom. The van der Waals surface area contributed by atoms with E-state index >= 15 is 0 Å². The first-order valence-corrected chi connectivity index (χ1v) is 7.09. The van der Waals surface area contributed by atoms with Crippen molar-refractivity contribution in [3.63, 3.8) is 0 Å². The van der Waals surface area contributed by atoms with Crippen LogP contribution in [0, 0.1) is 63.7 Å². The molecule has 2 fully saturated rings. The molecule has 1 aromatic carbocycles. The van der Waals surface area contributed by atoms with E-state index in [2.05, 4.69) is 12.8 Å². The quantitative estimate of drug-likeness (QED) is 0.818. The zero-order valence-electron chi connectivity index (χ0n) is 12.4. The normalized spacial score (nSPS) is 17.4. The first kappa shape index (κ1) is 18.2. The first-order valence-electron chi connectivity index (χ1n) is 7.09. The fourth-order valence-electron chi connectivity index (χ4n) is 2.26. The van der Waals surface area contributed by atoms with Gasteiger partial charge in [-0.25, -0.2) is 0 Å². The van der Waals surface area contributed by atoms with Crippen LogP contribution < -0.4 is 0 Å². The number of phenolic OH excluding ortho intramolecular Hbond substituents is 1. The minimum absolute atomic E-state index is 0. The number of aromatic hydroxyl groups is 1. The van der Waals surface area contributed by atoms with E-state index in [1.807, 2.05) is 57.1 Å². The van der Waals surface area contributed by atoms with Gasteiger partial charge in [-0.1, -0.05) is 12.1 Å². The summed E-state index contributed by atoms with van der Waals surface area (Å²) in [4.78, 5) is 0. The summed E-state index contributed by atoms with van der Waals surface area (Å²) in [5.41, 5.74) is 3.14. The Balaban J connectivity index is 0.000000276. The van der Waals surface area contributed by atoms with E-state index in [0.717, 1.165) is 22.6 Å². The van der Waals surface area contributed by atoms with Crippen molar-refractivity contribution in [3.8, 4) is 16.9 Å². The fourth-order valence-corrected chi connectivity index (χ4v) is 2.26. The molecule has 10 radical (unpaired) electrons. The Labute approximate surface area is 149 Å². The minimum Gasteiger partial charge on any atom is -0.508 e. The van der Waals surface area contributed by atoms with Gasteiger partial charge in [0.1, 0.15) is 5.75 Å². The van der Waals surface area contributed by atoms with Gasteiger partial charge in [0, 0.05) is 17.0 Å². The molecule has 0 bridgehead atoms. The van der Waals surface area contributed by atoms with E-state index in [0.29, 0.717) is 0 Å². The number of hydrogen-bond acceptors (Lipinski definition) is 2. The van der Waals surface area contributed by atoms with Crippen molar-refractivity contribution in [3.05, 3.63) is 106 Å². The SMILES string of the molecule is Oc1ccc(-c2cocc2[C]2[CH][CH][CH][CH]2)cc1.[CH]1[CH][CH][CH][CH]1.[Fe+2]. The van der Waals surface area contributed by atoms with E-state index in [9.17, 15) is 5.11 Å². The van der Waals surface area contributed by atoms with Gasteiger partial charge in [0.15, 0.2) is 0 Å². The zero-order chi connectivity index (χ0) is 15.2. The minimum atomic E-state index is 0. The largest absolute Gasteiger partial charge is 2.00 e. The van der Waals surface area contributed by atoms with Gasteiger partial charge in [0.2, 0.25) is 0 Å². The third-order valence-electron chi connectivity index (χ3n) is 3.37. The van der Waals surface area contributed by atoms with Crippen molar-refractivity contribution < 1.29 is 26.6 Å². The van der Waals surface area contributed by atoms with Crippen LogP contribution in [0.3, 0.4) is 0 Å². The zero-order valence-corrected chi connectivity index (χ0v) is 13.5. The molecule has 23 heavy (non-hydrogen) atoms. The van der Waals surface area contributed by atoms with E-state index in [-0.39, 0.29) is 22.8 Å². The molecule has 0 aliphatic heterocycles. The Morgan fingerprint density at radius 1 is 0.652 bits per heavy atom. The van der Waals surface area contributed by atoms with Crippen LogP contribution in [-0.4, -0.2) is 5.11 Å². The topological polar surface area (TPSA) is 33.4 Å². The fraction of sp³-hybridized carbons (Fsp3) is 0. The second-order valence-corrected chi connectivity index (χ2v) is 4.88. The summed E-state index contributed by atoms with van der Waals surface area (Å²) >= 11 is 0. The molecule has 0 unspecified atom stereocenters. The molecule has 3 heteroatoms. The average Bonchev–Trinajstić information content (AvgIpc) is 3.30. The second kappa shape index (κ2) is 9.20.